The summed E-state index contributed by atoms with van der Waals surface area (Å²) in [5, 5.41) is 12.0. The fourth-order valence-electron chi connectivity index (χ4n) is 3.59. The van der Waals surface area contributed by atoms with E-state index >= 15 is 0 Å². The summed E-state index contributed by atoms with van der Waals surface area (Å²) in [6.45, 7) is 4.57. The summed E-state index contributed by atoms with van der Waals surface area (Å²) in [4.78, 5) is 14.8. The van der Waals surface area contributed by atoms with Gasteiger partial charge in [-0.1, -0.05) is 5.21 Å². The van der Waals surface area contributed by atoms with Crippen molar-refractivity contribution in [2.75, 3.05) is 26.7 Å². The lowest BCUT2D eigenvalue weighted by molar-refractivity contribution is 0.0698. The van der Waals surface area contributed by atoms with Crippen LogP contribution in [0.2, 0.25) is 0 Å². The minimum absolute atomic E-state index is 0.0205. The average molecular weight is 369 g/mol. The van der Waals surface area contributed by atoms with Gasteiger partial charge < -0.3 is 15.0 Å². The highest BCUT2D eigenvalue weighted by Gasteiger charge is 2.28. The Bertz CT molecular complexity index is 789. The van der Waals surface area contributed by atoms with Crippen LogP contribution in [0.15, 0.2) is 24.3 Å². The zero-order chi connectivity index (χ0) is 18.8. The zero-order valence-electron chi connectivity index (χ0n) is 16.0. The van der Waals surface area contributed by atoms with E-state index in [1.807, 2.05) is 36.1 Å². The van der Waals surface area contributed by atoms with Gasteiger partial charge in [0.15, 0.2) is 5.69 Å². The second kappa shape index (κ2) is 7.68. The standard InChI is InChI=1S/C20H27N5O2/c1-14-19(22-23-25(14)17-5-7-18(27-2)8-6-17)20(26)24-11-9-16(10-12-24)21-13-15-3-4-15/h5-8,15-16,21H,3-4,9-13H2,1-2H3. The molecule has 1 saturated carbocycles. The van der Waals surface area contributed by atoms with Crippen molar-refractivity contribution in [1.82, 2.24) is 25.2 Å². The van der Waals surface area contributed by atoms with Gasteiger partial charge in [0.2, 0.25) is 0 Å². The fourth-order valence-corrected chi connectivity index (χ4v) is 3.59. The number of piperidine rings is 1. The van der Waals surface area contributed by atoms with Gasteiger partial charge in [0, 0.05) is 19.1 Å². The Morgan fingerprint density at radius 3 is 2.52 bits per heavy atom. The summed E-state index contributed by atoms with van der Waals surface area (Å²) in [5.74, 6) is 1.65. The van der Waals surface area contributed by atoms with E-state index in [0.29, 0.717) is 11.7 Å². The van der Waals surface area contributed by atoms with Crippen molar-refractivity contribution < 1.29 is 9.53 Å². The van der Waals surface area contributed by atoms with E-state index in [4.69, 9.17) is 4.74 Å². The number of aromatic nitrogens is 3. The molecule has 144 valence electrons. The highest BCUT2D eigenvalue weighted by atomic mass is 16.5. The van der Waals surface area contributed by atoms with E-state index < -0.39 is 0 Å². The summed E-state index contributed by atoms with van der Waals surface area (Å²) in [6.07, 6.45) is 4.75. The molecule has 0 atom stereocenters. The van der Waals surface area contributed by atoms with Crippen LogP contribution in [0.5, 0.6) is 5.75 Å². The van der Waals surface area contributed by atoms with Crippen molar-refractivity contribution >= 4 is 5.91 Å². The highest BCUT2D eigenvalue weighted by molar-refractivity contribution is 5.93. The van der Waals surface area contributed by atoms with E-state index in [2.05, 4.69) is 15.6 Å². The van der Waals surface area contributed by atoms with Crippen LogP contribution in [-0.4, -0.2) is 58.6 Å². The number of amides is 1. The second-order valence-electron chi connectivity index (χ2n) is 7.55. The first-order valence-electron chi connectivity index (χ1n) is 9.75. The molecular weight excluding hydrogens is 342 g/mol. The first-order chi connectivity index (χ1) is 13.2. The molecule has 7 nitrogen and oxygen atoms in total. The maximum absolute atomic E-state index is 12.9. The van der Waals surface area contributed by atoms with Crippen molar-refractivity contribution in [3.8, 4) is 11.4 Å². The molecule has 7 heteroatoms. The highest BCUT2D eigenvalue weighted by Crippen LogP contribution is 2.28. The largest absolute Gasteiger partial charge is 0.497 e. The van der Waals surface area contributed by atoms with E-state index in [0.717, 1.165) is 55.5 Å². The van der Waals surface area contributed by atoms with Crippen LogP contribution in [0.1, 0.15) is 41.9 Å². The third kappa shape index (κ3) is 3.98. The molecule has 0 radical (unpaired) electrons. The summed E-state index contributed by atoms with van der Waals surface area (Å²) < 4.78 is 6.89. The van der Waals surface area contributed by atoms with Crippen LogP contribution in [0.4, 0.5) is 0 Å². The topological polar surface area (TPSA) is 72.3 Å². The maximum atomic E-state index is 12.9. The van der Waals surface area contributed by atoms with Gasteiger partial charge in [0.1, 0.15) is 5.75 Å². The zero-order valence-corrected chi connectivity index (χ0v) is 16.0. The van der Waals surface area contributed by atoms with Crippen LogP contribution >= 0.6 is 0 Å². The molecule has 27 heavy (non-hydrogen) atoms. The number of nitrogens with one attached hydrogen (secondary N) is 1. The van der Waals surface area contributed by atoms with Gasteiger partial charge in [-0.25, -0.2) is 4.68 Å². The van der Waals surface area contributed by atoms with Crippen LogP contribution in [0, 0.1) is 12.8 Å². The quantitative estimate of drug-likeness (QED) is 0.845. The molecule has 1 saturated heterocycles. The lowest BCUT2D eigenvalue weighted by Crippen LogP contribution is -2.45. The lowest BCUT2D eigenvalue weighted by Gasteiger charge is -2.32. The van der Waals surface area contributed by atoms with Crippen LogP contribution in [-0.2, 0) is 0 Å². The van der Waals surface area contributed by atoms with Gasteiger partial charge in [0.25, 0.3) is 5.91 Å². The first kappa shape index (κ1) is 18.0. The predicted octanol–water partition coefficient (Wildman–Crippen LogP) is 2.19. The number of ether oxygens (including phenoxy) is 1. The number of likely N-dealkylation sites (tertiary alicyclic amines) is 1. The number of hydrogen-bond acceptors (Lipinski definition) is 5. The van der Waals surface area contributed by atoms with E-state index in [-0.39, 0.29) is 5.91 Å². The average Bonchev–Trinajstić information content (AvgIpc) is 3.47. The van der Waals surface area contributed by atoms with Gasteiger partial charge in [-0.3, -0.25) is 4.79 Å². The van der Waals surface area contributed by atoms with Crippen molar-refractivity contribution in [1.29, 1.82) is 0 Å². The number of benzene rings is 1. The molecule has 0 unspecified atom stereocenters. The molecule has 1 aromatic heterocycles. The molecular formula is C20H27N5O2. The minimum Gasteiger partial charge on any atom is -0.497 e. The SMILES string of the molecule is COc1ccc(-n2nnc(C(=O)N3CCC(NCC4CC4)CC3)c2C)cc1. The Morgan fingerprint density at radius 2 is 1.89 bits per heavy atom. The molecule has 1 aliphatic carbocycles. The number of carbonyl (C=O) groups excluding carboxylic acids is 1. The normalized spacial score (nSPS) is 17.9. The van der Waals surface area contributed by atoms with Gasteiger partial charge >= 0.3 is 0 Å². The van der Waals surface area contributed by atoms with Gasteiger partial charge in [-0.15, -0.1) is 5.10 Å². The van der Waals surface area contributed by atoms with Crippen molar-refractivity contribution in [3.05, 3.63) is 35.7 Å². The van der Waals surface area contributed by atoms with Crippen LogP contribution in [0.3, 0.4) is 0 Å². The van der Waals surface area contributed by atoms with E-state index in [1.54, 1.807) is 11.8 Å². The third-order valence-corrected chi connectivity index (χ3v) is 5.59. The molecule has 0 spiro atoms. The summed E-state index contributed by atoms with van der Waals surface area (Å²) in [7, 11) is 1.64. The molecule has 4 rings (SSSR count). The smallest absolute Gasteiger partial charge is 0.276 e. The van der Waals surface area contributed by atoms with E-state index in [1.165, 1.54) is 12.8 Å². The summed E-state index contributed by atoms with van der Waals surface area (Å²) in [6, 6.07) is 8.09. The molecule has 2 fully saturated rings. The summed E-state index contributed by atoms with van der Waals surface area (Å²) in [5.41, 5.74) is 2.07. The third-order valence-electron chi connectivity index (χ3n) is 5.59. The Kier molecular flexibility index (Phi) is 5.11. The molecule has 1 N–H and O–H groups in total. The number of rotatable bonds is 6. The first-order valence-corrected chi connectivity index (χ1v) is 9.75. The van der Waals surface area contributed by atoms with Gasteiger partial charge in [0.05, 0.1) is 18.5 Å². The number of nitrogens with zero attached hydrogens (tertiary/aromatic N) is 4. The molecule has 1 amide bonds. The molecule has 2 aliphatic rings. The van der Waals surface area contributed by atoms with Crippen molar-refractivity contribution in [2.45, 2.75) is 38.6 Å². The predicted molar refractivity (Wildman–Crippen MR) is 102 cm³/mol. The lowest BCUT2D eigenvalue weighted by atomic mass is 10.0. The molecule has 1 aliphatic heterocycles. The van der Waals surface area contributed by atoms with Crippen LogP contribution in [0.25, 0.3) is 5.69 Å². The molecule has 0 bridgehead atoms. The van der Waals surface area contributed by atoms with Gasteiger partial charge in [-0.2, -0.15) is 0 Å². The van der Waals surface area contributed by atoms with Crippen molar-refractivity contribution in [3.63, 3.8) is 0 Å². The Balaban J connectivity index is 1.39. The maximum Gasteiger partial charge on any atom is 0.276 e. The minimum atomic E-state index is -0.0205. The van der Waals surface area contributed by atoms with Crippen molar-refractivity contribution in [2.24, 2.45) is 5.92 Å². The van der Waals surface area contributed by atoms with Gasteiger partial charge in [-0.05, 0) is 69.3 Å². The second-order valence-corrected chi connectivity index (χ2v) is 7.55. The Labute approximate surface area is 159 Å². The van der Waals surface area contributed by atoms with Crippen LogP contribution < -0.4 is 10.1 Å². The fraction of sp³-hybridized carbons (Fsp3) is 0.550. The monoisotopic (exact) mass is 369 g/mol. The Hall–Kier alpha value is -2.41. The summed E-state index contributed by atoms with van der Waals surface area (Å²) >= 11 is 0. The van der Waals surface area contributed by atoms with E-state index in [9.17, 15) is 4.79 Å². The molecule has 2 heterocycles. The molecule has 1 aromatic carbocycles. The number of hydrogen-bond donors (Lipinski definition) is 1. The number of carbonyl (C=O) groups is 1. The number of methoxy groups -OCH3 is 1. The Morgan fingerprint density at radius 1 is 1.19 bits per heavy atom. The molecule has 2 aromatic rings.